The smallest absolute Gasteiger partial charge is 0.243 e. The maximum atomic E-state index is 13.7. The van der Waals surface area contributed by atoms with Gasteiger partial charge in [-0.15, -0.1) is 0 Å². The monoisotopic (exact) mass is 376 g/mol. The van der Waals surface area contributed by atoms with E-state index in [0.29, 0.717) is 24.9 Å². The molecule has 1 aliphatic rings. The third-order valence-electron chi connectivity index (χ3n) is 4.52. The van der Waals surface area contributed by atoms with Crippen LogP contribution in [0.1, 0.15) is 24.8 Å². The van der Waals surface area contributed by atoms with Gasteiger partial charge in [0.25, 0.3) is 0 Å². The van der Waals surface area contributed by atoms with Gasteiger partial charge >= 0.3 is 0 Å². The SMILES string of the molecule is O=C(NCc1ccccc1F)[C@H]1CCCCN1S(=O)(=O)c1ccccc1. The van der Waals surface area contributed by atoms with Crippen LogP contribution in [0.5, 0.6) is 0 Å². The average molecular weight is 376 g/mol. The fraction of sp³-hybridized carbons (Fsp3) is 0.316. The van der Waals surface area contributed by atoms with Gasteiger partial charge in [-0.25, -0.2) is 12.8 Å². The summed E-state index contributed by atoms with van der Waals surface area (Å²) in [5.74, 6) is -0.794. The number of benzene rings is 2. The molecule has 0 saturated carbocycles. The molecule has 1 N–H and O–H groups in total. The summed E-state index contributed by atoms with van der Waals surface area (Å²) in [6, 6.07) is 13.5. The van der Waals surface area contributed by atoms with E-state index in [0.717, 1.165) is 6.42 Å². The third kappa shape index (κ3) is 3.94. The molecule has 0 radical (unpaired) electrons. The maximum Gasteiger partial charge on any atom is 0.243 e. The molecule has 0 aliphatic carbocycles. The largest absolute Gasteiger partial charge is 0.351 e. The second-order valence-corrected chi connectivity index (χ2v) is 8.14. The van der Waals surface area contributed by atoms with E-state index >= 15 is 0 Å². The van der Waals surface area contributed by atoms with E-state index in [-0.39, 0.29) is 11.4 Å². The van der Waals surface area contributed by atoms with Gasteiger partial charge in [-0.05, 0) is 31.0 Å². The highest BCUT2D eigenvalue weighted by atomic mass is 32.2. The summed E-state index contributed by atoms with van der Waals surface area (Å²) in [6.45, 7) is 0.330. The summed E-state index contributed by atoms with van der Waals surface area (Å²) in [4.78, 5) is 12.8. The number of carbonyl (C=O) groups is 1. The van der Waals surface area contributed by atoms with Gasteiger partial charge in [0.15, 0.2) is 0 Å². The predicted octanol–water partition coefficient (Wildman–Crippen LogP) is 2.69. The van der Waals surface area contributed by atoms with Crippen LogP contribution in [0.4, 0.5) is 4.39 Å². The fourth-order valence-electron chi connectivity index (χ4n) is 3.12. The summed E-state index contributed by atoms with van der Waals surface area (Å²) >= 11 is 0. The lowest BCUT2D eigenvalue weighted by atomic mass is 10.0. The van der Waals surface area contributed by atoms with E-state index < -0.39 is 27.8 Å². The maximum absolute atomic E-state index is 13.7. The lowest BCUT2D eigenvalue weighted by Crippen LogP contribution is -2.51. The van der Waals surface area contributed by atoms with Gasteiger partial charge < -0.3 is 5.32 Å². The summed E-state index contributed by atoms with van der Waals surface area (Å²) in [6.07, 6.45) is 1.94. The van der Waals surface area contributed by atoms with Crippen LogP contribution >= 0.6 is 0 Å². The van der Waals surface area contributed by atoms with E-state index in [9.17, 15) is 17.6 Å². The Bertz CT molecular complexity index is 871. The topological polar surface area (TPSA) is 66.5 Å². The zero-order valence-corrected chi connectivity index (χ0v) is 15.1. The van der Waals surface area contributed by atoms with Crippen molar-refractivity contribution in [1.82, 2.24) is 9.62 Å². The predicted molar refractivity (Wildman–Crippen MR) is 96.2 cm³/mol. The Labute approximate surface area is 152 Å². The molecule has 3 rings (SSSR count). The van der Waals surface area contributed by atoms with Gasteiger partial charge in [-0.1, -0.05) is 42.8 Å². The van der Waals surface area contributed by atoms with Crippen LogP contribution in [-0.2, 0) is 21.4 Å². The van der Waals surface area contributed by atoms with Gasteiger partial charge in [0.2, 0.25) is 15.9 Å². The molecule has 1 aliphatic heterocycles. The average Bonchev–Trinajstić information content (AvgIpc) is 2.68. The summed E-state index contributed by atoms with van der Waals surface area (Å²) < 4.78 is 40.8. The van der Waals surface area contributed by atoms with Crippen molar-refractivity contribution < 1.29 is 17.6 Å². The molecule has 26 heavy (non-hydrogen) atoms. The van der Waals surface area contributed by atoms with E-state index in [1.165, 1.54) is 22.5 Å². The minimum absolute atomic E-state index is 0.0290. The molecular weight excluding hydrogens is 355 g/mol. The summed E-state index contributed by atoms with van der Waals surface area (Å²) in [7, 11) is -3.75. The number of hydrogen-bond donors (Lipinski definition) is 1. The van der Waals surface area contributed by atoms with E-state index in [1.54, 1.807) is 36.4 Å². The van der Waals surface area contributed by atoms with Crippen molar-refractivity contribution in [2.75, 3.05) is 6.54 Å². The van der Waals surface area contributed by atoms with Crippen LogP contribution in [-0.4, -0.2) is 31.2 Å². The van der Waals surface area contributed by atoms with Gasteiger partial charge in [0.05, 0.1) is 4.90 Å². The van der Waals surface area contributed by atoms with Crippen molar-refractivity contribution in [1.29, 1.82) is 0 Å². The minimum Gasteiger partial charge on any atom is -0.351 e. The molecule has 2 aromatic rings. The second kappa shape index (κ2) is 7.97. The van der Waals surface area contributed by atoms with Gasteiger partial charge in [0, 0.05) is 18.7 Å². The van der Waals surface area contributed by atoms with Crippen LogP contribution in [0, 0.1) is 5.82 Å². The van der Waals surface area contributed by atoms with Crippen LogP contribution in [0.3, 0.4) is 0 Å². The Balaban J connectivity index is 1.76. The molecule has 138 valence electrons. The Morgan fingerprint density at radius 1 is 1.08 bits per heavy atom. The van der Waals surface area contributed by atoms with Crippen molar-refractivity contribution in [3.05, 3.63) is 66.0 Å². The Hall–Kier alpha value is -2.25. The zero-order valence-electron chi connectivity index (χ0n) is 14.3. The van der Waals surface area contributed by atoms with E-state index in [2.05, 4.69) is 5.32 Å². The first kappa shape index (κ1) is 18.5. The molecule has 1 saturated heterocycles. The van der Waals surface area contributed by atoms with Crippen LogP contribution < -0.4 is 5.32 Å². The lowest BCUT2D eigenvalue weighted by molar-refractivity contribution is -0.125. The Morgan fingerprint density at radius 2 is 1.77 bits per heavy atom. The van der Waals surface area contributed by atoms with Crippen molar-refractivity contribution in [3.8, 4) is 0 Å². The number of hydrogen-bond acceptors (Lipinski definition) is 3. The van der Waals surface area contributed by atoms with Crippen molar-refractivity contribution in [3.63, 3.8) is 0 Å². The molecule has 2 aromatic carbocycles. The molecular formula is C19H21FN2O3S. The molecule has 0 aromatic heterocycles. The Kier molecular flexibility index (Phi) is 5.68. The number of halogens is 1. The Morgan fingerprint density at radius 3 is 2.50 bits per heavy atom. The second-order valence-electron chi connectivity index (χ2n) is 6.25. The van der Waals surface area contributed by atoms with Crippen LogP contribution in [0.15, 0.2) is 59.5 Å². The molecule has 1 heterocycles. The molecule has 0 spiro atoms. The van der Waals surface area contributed by atoms with Crippen molar-refractivity contribution in [2.45, 2.75) is 36.7 Å². The number of nitrogens with one attached hydrogen (secondary N) is 1. The highest BCUT2D eigenvalue weighted by molar-refractivity contribution is 7.89. The molecule has 1 atom stereocenters. The van der Waals surface area contributed by atoms with E-state index in [1.807, 2.05) is 0 Å². The number of sulfonamides is 1. The zero-order chi connectivity index (χ0) is 18.6. The summed E-state index contributed by atoms with van der Waals surface area (Å²) in [5.41, 5.74) is 0.370. The fourth-order valence-corrected chi connectivity index (χ4v) is 4.80. The minimum atomic E-state index is -3.75. The molecule has 0 bridgehead atoms. The number of amides is 1. The quantitative estimate of drug-likeness (QED) is 0.873. The first-order chi connectivity index (χ1) is 12.5. The number of rotatable bonds is 5. The lowest BCUT2D eigenvalue weighted by Gasteiger charge is -2.33. The van der Waals surface area contributed by atoms with Crippen LogP contribution in [0.25, 0.3) is 0 Å². The molecule has 5 nitrogen and oxygen atoms in total. The van der Waals surface area contributed by atoms with Crippen LogP contribution in [0.2, 0.25) is 0 Å². The normalized spacial score (nSPS) is 18.4. The molecule has 1 fully saturated rings. The number of carbonyl (C=O) groups excluding carboxylic acids is 1. The number of nitrogens with zero attached hydrogens (tertiary/aromatic N) is 1. The van der Waals surface area contributed by atoms with Gasteiger partial charge in [-0.3, -0.25) is 4.79 Å². The van der Waals surface area contributed by atoms with Gasteiger partial charge in [-0.2, -0.15) is 4.31 Å². The van der Waals surface area contributed by atoms with E-state index in [4.69, 9.17) is 0 Å². The standard InChI is InChI=1S/C19H21FN2O3S/c20-17-11-5-4-8-15(17)14-21-19(23)18-12-6-7-13-22(18)26(24,25)16-9-2-1-3-10-16/h1-5,8-11,18H,6-7,12-14H2,(H,21,23)/t18-/m1/s1. The van der Waals surface area contributed by atoms with Crippen molar-refractivity contribution in [2.24, 2.45) is 0 Å². The first-order valence-electron chi connectivity index (χ1n) is 8.58. The molecule has 0 unspecified atom stereocenters. The highest BCUT2D eigenvalue weighted by Gasteiger charge is 2.37. The highest BCUT2D eigenvalue weighted by Crippen LogP contribution is 2.25. The molecule has 7 heteroatoms. The van der Waals surface area contributed by atoms with Crippen molar-refractivity contribution >= 4 is 15.9 Å². The summed E-state index contributed by atoms with van der Waals surface area (Å²) in [5, 5.41) is 2.68. The molecule has 1 amide bonds. The van der Waals surface area contributed by atoms with Gasteiger partial charge in [0.1, 0.15) is 11.9 Å². The number of piperidine rings is 1. The third-order valence-corrected chi connectivity index (χ3v) is 6.44. The first-order valence-corrected chi connectivity index (χ1v) is 10.0.